The second-order valence-electron chi connectivity index (χ2n) is 3.73. The van der Waals surface area contributed by atoms with Crippen LogP contribution in [-0.2, 0) is 0 Å². The molecule has 0 radical (unpaired) electrons. The first-order valence-electron chi connectivity index (χ1n) is 4.74. The number of carbonyl (C=O) groups is 1. The van der Waals surface area contributed by atoms with Crippen molar-refractivity contribution in [2.75, 3.05) is 0 Å². The Kier molecular flexibility index (Phi) is 2.13. The van der Waals surface area contributed by atoms with Crippen molar-refractivity contribution < 1.29 is 9.90 Å². The summed E-state index contributed by atoms with van der Waals surface area (Å²) in [6.45, 7) is 0. The molecule has 2 aliphatic carbocycles. The van der Waals surface area contributed by atoms with Gasteiger partial charge in [0.1, 0.15) is 0 Å². The first-order chi connectivity index (χ1) is 6.29. The van der Waals surface area contributed by atoms with Crippen molar-refractivity contribution in [2.24, 2.45) is 11.8 Å². The van der Waals surface area contributed by atoms with Crippen LogP contribution in [0.1, 0.15) is 25.7 Å². The fraction of sp³-hybridized carbons (Fsp3) is 0.700. The zero-order chi connectivity index (χ0) is 9.26. The van der Waals surface area contributed by atoms with E-state index >= 15 is 0 Å². The minimum atomic E-state index is -0.891. The number of rotatable bonds is 1. The molecule has 0 aromatic carbocycles. The maximum Gasteiger partial charge on any atom is 0.404 e. The van der Waals surface area contributed by atoms with Crippen LogP contribution in [0.15, 0.2) is 0 Å². The van der Waals surface area contributed by atoms with Crippen molar-refractivity contribution in [3.63, 3.8) is 0 Å². The van der Waals surface area contributed by atoms with Gasteiger partial charge in [0.15, 0.2) is 0 Å². The van der Waals surface area contributed by atoms with Crippen LogP contribution in [0.2, 0.25) is 0 Å². The lowest BCUT2D eigenvalue weighted by Gasteiger charge is -1.96. The summed E-state index contributed by atoms with van der Waals surface area (Å²) in [7, 11) is 0. The van der Waals surface area contributed by atoms with Crippen LogP contribution in [0.5, 0.6) is 0 Å². The summed E-state index contributed by atoms with van der Waals surface area (Å²) in [4.78, 5) is 10.4. The third kappa shape index (κ3) is 1.77. The van der Waals surface area contributed by atoms with Crippen LogP contribution < -0.4 is 5.32 Å². The van der Waals surface area contributed by atoms with E-state index < -0.39 is 6.09 Å². The molecule has 2 rings (SSSR count). The average Bonchev–Trinajstić information content (AvgIpc) is 2.58. The maximum absolute atomic E-state index is 10.4. The van der Waals surface area contributed by atoms with E-state index in [1.54, 1.807) is 0 Å². The predicted octanol–water partition coefficient (Wildman–Crippen LogP) is 1.45. The van der Waals surface area contributed by atoms with Gasteiger partial charge in [0.2, 0.25) is 0 Å². The summed E-state index contributed by atoms with van der Waals surface area (Å²) in [5.41, 5.74) is 0. The Morgan fingerprint density at radius 1 is 1.23 bits per heavy atom. The number of fused-ring (bicyclic) bond motifs is 1. The summed E-state index contributed by atoms with van der Waals surface area (Å²) in [6.07, 6.45) is 3.08. The van der Waals surface area contributed by atoms with Gasteiger partial charge in [0, 0.05) is 18.9 Å². The largest absolute Gasteiger partial charge is 0.465 e. The first kappa shape index (κ1) is 8.43. The molecule has 0 bridgehead atoms. The maximum atomic E-state index is 10.4. The quantitative estimate of drug-likeness (QED) is 0.598. The summed E-state index contributed by atoms with van der Waals surface area (Å²) in [6, 6.07) is 0.208. The molecule has 0 saturated heterocycles. The van der Waals surface area contributed by atoms with E-state index in [9.17, 15) is 4.79 Å². The molecule has 2 atom stereocenters. The second-order valence-corrected chi connectivity index (χ2v) is 3.73. The molecule has 1 amide bonds. The van der Waals surface area contributed by atoms with Gasteiger partial charge in [-0.25, -0.2) is 4.79 Å². The van der Waals surface area contributed by atoms with Gasteiger partial charge in [0.05, 0.1) is 0 Å². The summed E-state index contributed by atoms with van der Waals surface area (Å²) < 4.78 is 0. The third-order valence-corrected chi connectivity index (χ3v) is 2.95. The van der Waals surface area contributed by atoms with Crippen LogP contribution in [0.25, 0.3) is 0 Å². The van der Waals surface area contributed by atoms with Crippen molar-refractivity contribution >= 4 is 6.09 Å². The molecular weight excluding hydrogens is 166 g/mol. The molecule has 0 aromatic rings. The van der Waals surface area contributed by atoms with E-state index in [-0.39, 0.29) is 6.04 Å². The SMILES string of the molecule is O=C(O)NC1C2CCC#CCCC21. The fourth-order valence-electron chi connectivity index (χ4n) is 2.24. The van der Waals surface area contributed by atoms with Crippen molar-refractivity contribution in [1.29, 1.82) is 0 Å². The highest BCUT2D eigenvalue weighted by Gasteiger charge is 2.49. The van der Waals surface area contributed by atoms with E-state index in [1.807, 2.05) is 0 Å². The van der Waals surface area contributed by atoms with Crippen LogP contribution in [0.3, 0.4) is 0 Å². The number of amides is 1. The van der Waals surface area contributed by atoms with E-state index in [4.69, 9.17) is 5.11 Å². The molecule has 70 valence electrons. The molecule has 2 unspecified atom stereocenters. The van der Waals surface area contributed by atoms with Crippen LogP contribution in [0.4, 0.5) is 4.79 Å². The van der Waals surface area contributed by atoms with Gasteiger partial charge in [-0.15, -0.1) is 11.8 Å². The number of hydrogen-bond donors (Lipinski definition) is 2. The van der Waals surface area contributed by atoms with Crippen molar-refractivity contribution in [1.82, 2.24) is 5.32 Å². The highest BCUT2D eigenvalue weighted by Crippen LogP contribution is 2.45. The van der Waals surface area contributed by atoms with E-state index in [2.05, 4.69) is 17.2 Å². The first-order valence-corrected chi connectivity index (χ1v) is 4.74. The highest BCUT2D eigenvalue weighted by molar-refractivity contribution is 5.65. The smallest absolute Gasteiger partial charge is 0.404 e. The van der Waals surface area contributed by atoms with Gasteiger partial charge in [0.25, 0.3) is 0 Å². The van der Waals surface area contributed by atoms with Gasteiger partial charge in [-0.3, -0.25) is 0 Å². The minimum absolute atomic E-state index is 0.208. The summed E-state index contributed by atoms with van der Waals surface area (Å²) in [5.74, 6) is 7.31. The van der Waals surface area contributed by atoms with Gasteiger partial charge in [-0.05, 0) is 24.7 Å². The molecule has 0 spiro atoms. The number of carboxylic acid groups (broad SMARTS) is 1. The number of hydrogen-bond acceptors (Lipinski definition) is 1. The van der Waals surface area contributed by atoms with Crippen LogP contribution in [0, 0.1) is 23.7 Å². The Labute approximate surface area is 77.5 Å². The van der Waals surface area contributed by atoms with Gasteiger partial charge < -0.3 is 10.4 Å². The zero-order valence-electron chi connectivity index (χ0n) is 7.42. The average molecular weight is 179 g/mol. The van der Waals surface area contributed by atoms with E-state index in [0.717, 1.165) is 25.7 Å². The van der Waals surface area contributed by atoms with Crippen LogP contribution in [-0.4, -0.2) is 17.2 Å². The lowest BCUT2D eigenvalue weighted by molar-refractivity contribution is 0.193. The Bertz CT molecular complexity index is 258. The monoisotopic (exact) mass is 179 g/mol. The van der Waals surface area contributed by atoms with Crippen molar-refractivity contribution in [2.45, 2.75) is 31.7 Å². The lowest BCUT2D eigenvalue weighted by atomic mass is 10.1. The normalized spacial score (nSPS) is 35.8. The molecule has 13 heavy (non-hydrogen) atoms. The molecule has 0 aliphatic heterocycles. The molecular formula is C10H13NO2. The van der Waals surface area contributed by atoms with Crippen molar-refractivity contribution in [3.05, 3.63) is 0 Å². The number of nitrogens with one attached hydrogen (secondary N) is 1. The lowest BCUT2D eigenvalue weighted by Crippen LogP contribution is -2.25. The molecule has 1 saturated carbocycles. The van der Waals surface area contributed by atoms with E-state index in [0.29, 0.717) is 11.8 Å². The van der Waals surface area contributed by atoms with Gasteiger partial charge in [-0.2, -0.15) is 0 Å². The second kappa shape index (κ2) is 3.29. The minimum Gasteiger partial charge on any atom is -0.465 e. The Morgan fingerprint density at radius 3 is 2.23 bits per heavy atom. The summed E-state index contributed by atoms with van der Waals surface area (Å²) in [5, 5.41) is 11.1. The van der Waals surface area contributed by atoms with Gasteiger partial charge in [-0.1, -0.05) is 0 Å². The molecule has 3 heteroatoms. The topological polar surface area (TPSA) is 49.3 Å². The van der Waals surface area contributed by atoms with Crippen molar-refractivity contribution in [3.8, 4) is 11.8 Å². The summed E-state index contributed by atoms with van der Waals surface area (Å²) >= 11 is 0. The Hall–Kier alpha value is -1.17. The molecule has 2 aliphatic rings. The van der Waals surface area contributed by atoms with E-state index in [1.165, 1.54) is 0 Å². The fourth-order valence-corrected chi connectivity index (χ4v) is 2.24. The van der Waals surface area contributed by atoms with Gasteiger partial charge >= 0.3 is 6.09 Å². The standard InChI is InChI=1S/C10H13NO2/c12-10(13)11-9-7-5-3-1-2-4-6-8(7)9/h7-9,11H,3-6H2,(H,12,13). The molecule has 2 N–H and O–H groups in total. The molecule has 0 aromatic heterocycles. The molecule has 0 heterocycles. The van der Waals surface area contributed by atoms with Crippen LogP contribution >= 0.6 is 0 Å². The zero-order valence-corrected chi connectivity index (χ0v) is 7.42. The molecule has 1 fully saturated rings. The predicted molar refractivity (Wildman–Crippen MR) is 48.2 cm³/mol. The highest BCUT2D eigenvalue weighted by atomic mass is 16.4. The third-order valence-electron chi connectivity index (χ3n) is 2.95. The molecule has 3 nitrogen and oxygen atoms in total. The Morgan fingerprint density at radius 2 is 1.77 bits per heavy atom. The Balaban J connectivity index is 1.89.